The van der Waals surface area contributed by atoms with Crippen molar-refractivity contribution in [1.82, 2.24) is 4.90 Å². The molecule has 1 atom stereocenters. The van der Waals surface area contributed by atoms with Gasteiger partial charge in [-0.05, 0) is 24.1 Å². The van der Waals surface area contributed by atoms with Crippen LogP contribution < -0.4 is 10.5 Å². The molecule has 0 unspecified atom stereocenters. The first-order valence-electron chi connectivity index (χ1n) is 6.82. The lowest BCUT2D eigenvalue weighted by molar-refractivity contribution is -0.132. The Kier molecular flexibility index (Phi) is 6.45. The van der Waals surface area contributed by atoms with E-state index < -0.39 is 11.9 Å². The number of hydrogen-bond acceptors (Lipinski definition) is 3. The molecule has 0 aliphatic heterocycles. The third-order valence-corrected chi connectivity index (χ3v) is 3.20. The van der Waals surface area contributed by atoms with Gasteiger partial charge >= 0.3 is 0 Å². The third kappa shape index (κ3) is 4.49. The Hall–Kier alpha value is -1.62. The molecule has 5 heteroatoms. The molecule has 0 saturated heterocycles. The van der Waals surface area contributed by atoms with Gasteiger partial charge in [0.15, 0.2) is 11.6 Å². The molecule has 0 fully saturated rings. The quantitative estimate of drug-likeness (QED) is 0.835. The summed E-state index contributed by atoms with van der Waals surface area (Å²) < 4.78 is 18.4. The molecule has 1 aromatic rings. The van der Waals surface area contributed by atoms with Crippen molar-refractivity contribution >= 4 is 5.91 Å². The average molecular weight is 282 g/mol. The summed E-state index contributed by atoms with van der Waals surface area (Å²) in [6.45, 7) is 2.39. The smallest absolute Gasteiger partial charge is 0.239 e. The van der Waals surface area contributed by atoms with Crippen molar-refractivity contribution in [3.05, 3.63) is 29.6 Å². The van der Waals surface area contributed by atoms with Crippen LogP contribution >= 0.6 is 0 Å². The lowest BCUT2D eigenvalue weighted by Crippen LogP contribution is -2.41. The largest absolute Gasteiger partial charge is 0.494 e. The zero-order valence-corrected chi connectivity index (χ0v) is 12.4. The predicted octanol–water partition coefficient (Wildman–Crippen LogP) is 2.31. The summed E-state index contributed by atoms with van der Waals surface area (Å²) in [7, 11) is 3.09. The van der Waals surface area contributed by atoms with Crippen LogP contribution in [-0.4, -0.2) is 31.0 Å². The van der Waals surface area contributed by atoms with E-state index in [1.54, 1.807) is 19.2 Å². The van der Waals surface area contributed by atoms with E-state index in [1.165, 1.54) is 18.1 Å². The summed E-state index contributed by atoms with van der Waals surface area (Å²) in [4.78, 5) is 13.6. The molecule has 0 saturated carbocycles. The number of carbonyl (C=O) groups is 1. The molecule has 4 nitrogen and oxygen atoms in total. The van der Waals surface area contributed by atoms with Crippen LogP contribution in [-0.2, 0) is 11.3 Å². The maximum Gasteiger partial charge on any atom is 0.239 e. The van der Waals surface area contributed by atoms with Gasteiger partial charge in [0.2, 0.25) is 5.91 Å². The summed E-state index contributed by atoms with van der Waals surface area (Å²) in [5.74, 6) is -0.349. The van der Waals surface area contributed by atoms with Crippen molar-refractivity contribution in [1.29, 1.82) is 0 Å². The van der Waals surface area contributed by atoms with Crippen LogP contribution in [0, 0.1) is 5.82 Å². The van der Waals surface area contributed by atoms with Crippen molar-refractivity contribution in [3.8, 4) is 5.75 Å². The molecule has 20 heavy (non-hydrogen) atoms. The number of halogens is 1. The molecule has 0 bridgehead atoms. The minimum absolute atomic E-state index is 0.116. The van der Waals surface area contributed by atoms with Crippen LogP contribution in [0.5, 0.6) is 5.75 Å². The Morgan fingerprint density at radius 3 is 2.75 bits per heavy atom. The van der Waals surface area contributed by atoms with E-state index in [-0.39, 0.29) is 11.7 Å². The van der Waals surface area contributed by atoms with Gasteiger partial charge in [-0.2, -0.15) is 0 Å². The van der Waals surface area contributed by atoms with Gasteiger partial charge in [-0.25, -0.2) is 4.39 Å². The van der Waals surface area contributed by atoms with Gasteiger partial charge in [0.05, 0.1) is 13.2 Å². The highest BCUT2D eigenvalue weighted by Gasteiger charge is 2.18. The number of hydrogen-bond donors (Lipinski definition) is 1. The fourth-order valence-corrected chi connectivity index (χ4v) is 1.99. The summed E-state index contributed by atoms with van der Waals surface area (Å²) in [5.41, 5.74) is 6.56. The fourth-order valence-electron chi connectivity index (χ4n) is 1.99. The maximum absolute atomic E-state index is 13.6. The second kappa shape index (κ2) is 7.85. The first-order valence-corrected chi connectivity index (χ1v) is 6.82. The van der Waals surface area contributed by atoms with E-state index in [2.05, 4.69) is 6.92 Å². The summed E-state index contributed by atoms with van der Waals surface area (Å²) in [6, 6.07) is 4.19. The molecular weight excluding hydrogens is 259 g/mol. The molecule has 1 aromatic carbocycles. The molecular formula is C15H23FN2O2. The number of carbonyl (C=O) groups excluding carboxylic acids is 1. The van der Waals surface area contributed by atoms with Gasteiger partial charge in [0, 0.05) is 13.6 Å². The molecule has 1 rings (SSSR count). The van der Waals surface area contributed by atoms with Crippen molar-refractivity contribution in [2.24, 2.45) is 5.73 Å². The Morgan fingerprint density at radius 2 is 2.20 bits per heavy atom. The standard InChI is InChI=1S/C15H23FN2O2/c1-4-5-6-13(17)15(19)18(2)10-11-7-8-14(20-3)12(16)9-11/h7-9,13H,4-6,10,17H2,1-3H3/t13-/m0/s1. The fraction of sp³-hybridized carbons (Fsp3) is 0.533. The molecule has 0 aliphatic carbocycles. The van der Waals surface area contributed by atoms with Gasteiger partial charge in [0.1, 0.15) is 0 Å². The maximum atomic E-state index is 13.6. The van der Waals surface area contributed by atoms with E-state index in [4.69, 9.17) is 10.5 Å². The molecule has 112 valence electrons. The zero-order chi connectivity index (χ0) is 15.1. The van der Waals surface area contributed by atoms with E-state index in [0.29, 0.717) is 18.5 Å². The highest BCUT2D eigenvalue weighted by molar-refractivity contribution is 5.81. The van der Waals surface area contributed by atoms with E-state index in [9.17, 15) is 9.18 Å². The van der Waals surface area contributed by atoms with Crippen molar-refractivity contribution < 1.29 is 13.9 Å². The number of benzene rings is 1. The SMILES string of the molecule is CCCC[C@H](N)C(=O)N(C)Cc1ccc(OC)c(F)c1. The number of likely N-dealkylation sites (N-methyl/N-ethyl adjacent to an activating group) is 1. The number of unbranched alkanes of at least 4 members (excludes halogenated alkanes) is 1. The lowest BCUT2D eigenvalue weighted by Gasteiger charge is -2.21. The monoisotopic (exact) mass is 282 g/mol. The van der Waals surface area contributed by atoms with Crippen molar-refractivity contribution in [3.63, 3.8) is 0 Å². The van der Waals surface area contributed by atoms with Gasteiger partial charge in [-0.1, -0.05) is 25.8 Å². The molecule has 0 radical (unpaired) electrons. The average Bonchev–Trinajstić information content (AvgIpc) is 2.44. The van der Waals surface area contributed by atoms with E-state index >= 15 is 0 Å². The summed E-state index contributed by atoms with van der Waals surface area (Å²) >= 11 is 0. The van der Waals surface area contributed by atoms with Crippen LogP contribution in [0.3, 0.4) is 0 Å². The number of methoxy groups -OCH3 is 1. The van der Waals surface area contributed by atoms with Gasteiger partial charge < -0.3 is 15.4 Å². The number of nitrogens with zero attached hydrogens (tertiary/aromatic N) is 1. The van der Waals surface area contributed by atoms with E-state index in [1.807, 2.05) is 0 Å². The van der Waals surface area contributed by atoms with Crippen LogP contribution in [0.25, 0.3) is 0 Å². The van der Waals surface area contributed by atoms with Gasteiger partial charge in [0.25, 0.3) is 0 Å². The Balaban J connectivity index is 2.63. The van der Waals surface area contributed by atoms with Crippen LogP contribution in [0.2, 0.25) is 0 Å². The Bertz CT molecular complexity index is 451. The molecule has 2 N–H and O–H groups in total. The zero-order valence-electron chi connectivity index (χ0n) is 12.4. The Labute approximate surface area is 119 Å². The second-order valence-corrected chi connectivity index (χ2v) is 4.91. The van der Waals surface area contributed by atoms with Crippen LogP contribution in [0.4, 0.5) is 4.39 Å². The molecule has 0 spiro atoms. The summed E-state index contributed by atoms with van der Waals surface area (Å²) in [6.07, 6.45) is 2.61. The highest BCUT2D eigenvalue weighted by atomic mass is 19.1. The van der Waals surface area contributed by atoms with Crippen LogP contribution in [0.1, 0.15) is 31.7 Å². The molecule has 1 amide bonds. The third-order valence-electron chi connectivity index (χ3n) is 3.20. The first kappa shape index (κ1) is 16.4. The number of nitrogens with two attached hydrogens (primary N) is 1. The van der Waals surface area contributed by atoms with Crippen molar-refractivity contribution in [2.75, 3.05) is 14.2 Å². The number of ether oxygens (including phenoxy) is 1. The first-order chi connectivity index (χ1) is 9.49. The van der Waals surface area contributed by atoms with Crippen LogP contribution in [0.15, 0.2) is 18.2 Å². The second-order valence-electron chi connectivity index (χ2n) is 4.91. The van der Waals surface area contributed by atoms with Crippen molar-refractivity contribution in [2.45, 2.75) is 38.8 Å². The normalized spacial score (nSPS) is 12.1. The topological polar surface area (TPSA) is 55.6 Å². The molecule has 0 heterocycles. The Morgan fingerprint density at radius 1 is 1.50 bits per heavy atom. The minimum Gasteiger partial charge on any atom is -0.494 e. The van der Waals surface area contributed by atoms with E-state index in [0.717, 1.165) is 12.8 Å². The molecule has 0 aromatic heterocycles. The minimum atomic E-state index is -0.483. The number of amides is 1. The lowest BCUT2D eigenvalue weighted by atomic mass is 10.1. The predicted molar refractivity (Wildman–Crippen MR) is 76.9 cm³/mol. The number of rotatable bonds is 7. The molecule has 0 aliphatic rings. The summed E-state index contributed by atoms with van der Waals surface area (Å²) in [5, 5.41) is 0. The highest BCUT2D eigenvalue weighted by Crippen LogP contribution is 2.18. The van der Waals surface area contributed by atoms with Gasteiger partial charge in [-0.3, -0.25) is 4.79 Å². The van der Waals surface area contributed by atoms with Gasteiger partial charge in [-0.15, -0.1) is 0 Å².